The number of anilines is 1. The van der Waals surface area contributed by atoms with E-state index in [1.807, 2.05) is 26.8 Å². The molecule has 0 bridgehead atoms. The third kappa shape index (κ3) is 2.71. The highest BCUT2D eigenvalue weighted by Crippen LogP contribution is 2.27. The molecule has 0 saturated carbocycles. The first-order valence-electron chi connectivity index (χ1n) is 5.62. The van der Waals surface area contributed by atoms with Gasteiger partial charge in [-0.2, -0.15) is 0 Å². The van der Waals surface area contributed by atoms with Crippen LogP contribution < -0.4 is 5.73 Å². The second-order valence-corrected chi connectivity index (χ2v) is 3.77. The highest BCUT2D eigenvalue weighted by Gasteiger charge is 2.23. The number of nitrogen functional groups attached to an aromatic ring is 1. The van der Waals surface area contributed by atoms with Gasteiger partial charge in [0.05, 0.1) is 6.10 Å². The molecule has 1 aromatic heterocycles. The molecular formula is C12H20N2O2. The molecule has 1 rings (SSSR count). The molecule has 0 aliphatic rings. The number of nitrogens with zero attached hydrogens (tertiary/aromatic N) is 1. The largest absolute Gasteiger partial charge is 0.386 e. The molecule has 0 aromatic carbocycles. The van der Waals surface area contributed by atoms with Gasteiger partial charge in [0.15, 0.2) is 0 Å². The van der Waals surface area contributed by atoms with Crippen molar-refractivity contribution in [3.05, 3.63) is 23.4 Å². The maximum atomic E-state index is 10.2. The van der Waals surface area contributed by atoms with Crippen LogP contribution in [0, 0.1) is 6.92 Å². The number of rotatable bonds is 5. The summed E-state index contributed by atoms with van der Waals surface area (Å²) in [6.07, 6.45) is 1.44. The number of aliphatic hydroxyl groups is 1. The van der Waals surface area contributed by atoms with E-state index in [9.17, 15) is 5.11 Å². The van der Waals surface area contributed by atoms with Gasteiger partial charge in [-0.25, -0.2) is 4.98 Å². The summed E-state index contributed by atoms with van der Waals surface area (Å²) < 4.78 is 5.48. The van der Waals surface area contributed by atoms with Crippen molar-refractivity contribution >= 4 is 5.82 Å². The second kappa shape index (κ2) is 5.82. The summed E-state index contributed by atoms with van der Waals surface area (Å²) in [5, 5.41) is 10.2. The lowest BCUT2D eigenvalue weighted by Gasteiger charge is -2.23. The Labute approximate surface area is 96.5 Å². The maximum Gasteiger partial charge on any atom is 0.129 e. The van der Waals surface area contributed by atoms with Gasteiger partial charge < -0.3 is 15.6 Å². The summed E-state index contributed by atoms with van der Waals surface area (Å²) >= 11 is 0. The first-order chi connectivity index (χ1) is 7.61. The topological polar surface area (TPSA) is 68.4 Å². The zero-order valence-corrected chi connectivity index (χ0v) is 10.1. The number of aryl methyl sites for hydroxylation is 1. The maximum absolute atomic E-state index is 10.2. The monoisotopic (exact) mass is 224 g/mol. The Balaban J connectivity index is 2.98. The van der Waals surface area contributed by atoms with Crippen LogP contribution in [0.2, 0.25) is 0 Å². The first-order valence-corrected chi connectivity index (χ1v) is 5.62. The lowest BCUT2D eigenvalue weighted by Crippen LogP contribution is -2.23. The number of aliphatic hydroxyl groups excluding tert-OH is 1. The summed E-state index contributed by atoms with van der Waals surface area (Å²) in [7, 11) is 0. The van der Waals surface area contributed by atoms with E-state index >= 15 is 0 Å². The molecule has 0 radical (unpaired) electrons. The van der Waals surface area contributed by atoms with E-state index in [2.05, 4.69) is 4.98 Å². The Bertz CT molecular complexity index is 322. The van der Waals surface area contributed by atoms with Crippen LogP contribution in [0.1, 0.15) is 37.5 Å². The first kappa shape index (κ1) is 12.9. The van der Waals surface area contributed by atoms with Gasteiger partial charge in [0.25, 0.3) is 0 Å². The number of ether oxygens (including phenoxy) is 1. The van der Waals surface area contributed by atoms with E-state index in [0.29, 0.717) is 18.0 Å². The van der Waals surface area contributed by atoms with E-state index < -0.39 is 6.10 Å². The van der Waals surface area contributed by atoms with E-state index in [4.69, 9.17) is 10.5 Å². The van der Waals surface area contributed by atoms with Gasteiger partial charge in [-0.15, -0.1) is 0 Å². The predicted molar refractivity (Wildman–Crippen MR) is 64.1 cm³/mol. The van der Waals surface area contributed by atoms with Crippen molar-refractivity contribution in [2.24, 2.45) is 0 Å². The fourth-order valence-electron chi connectivity index (χ4n) is 1.81. The Morgan fingerprint density at radius 3 is 2.69 bits per heavy atom. The molecule has 0 saturated heterocycles. The van der Waals surface area contributed by atoms with Crippen LogP contribution in [0.3, 0.4) is 0 Å². The third-order valence-electron chi connectivity index (χ3n) is 2.67. The molecule has 1 aromatic rings. The van der Waals surface area contributed by atoms with Gasteiger partial charge in [0.1, 0.15) is 11.9 Å². The molecule has 4 nitrogen and oxygen atoms in total. The standard InChI is InChI=1S/C12H20N2O2/c1-4-9(16-5-2)11(15)10-8(3)6-7-14-12(10)13/h6-7,9,11,15H,4-5H2,1-3H3,(H2,13,14). The molecule has 0 spiro atoms. The third-order valence-corrected chi connectivity index (χ3v) is 2.67. The van der Waals surface area contributed by atoms with Crippen molar-refractivity contribution in [3.8, 4) is 0 Å². The van der Waals surface area contributed by atoms with E-state index in [1.54, 1.807) is 6.20 Å². The molecule has 0 amide bonds. The van der Waals surface area contributed by atoms with Gasteiger partial charge in [-0.1, -0.05) is 6.92 Å². The van der Waals surface area contributed by atoms with E-state index in [-0.39, 0.29) is 6.10 Å². The summed E-state index contributed by atoms with van der Waals surface area (Å²) in [5.41, 5.74) is 7.41. The Kier molecular flexibility index (Phi) is 4.71. The Hall–Kier alpha value is -1.13. The molecule has 0 aliphatic heterocycles. The van der Waals surface area contributed by atoms with Gasteiger partial charge >= 0.3 is 0 Å². The zero-order valence-electron chi connectivity index (χ0n) is 10.1. The average Bonchev–Trinajstić information content (AvgIpc) is 2.25. The average molecular weight is 224 g/mol. The van der Waals surface area contributed by atoms with Gasteiger partial charge in [-0.05, 0) is 31.9 Å². The quantitative estimate of drug-likeness (QED) is 0.800. The van der Waals surface area contributed by atoms with Crippen molar-refractivity contribution in [2.45, 2.75) is 39.4 Å². The molecule has 16 heavy (non-hydrogen) atoms. The molecule has 0 fully saturated rings. The SMILES string of the molecule is CCOC(CC)C(O)c1c(C)ccnc1N. The van der Waals surface area contributed by atoms with Gasteiger partial charge in [0, 0.05) is 18.4 Å². The van der Waals surface area contributed by atoms with Crippen molar-refractivity contribution in [2.75, 3.05) is 12.3 Å². The molecule has 1 heterocycles. The van der Waals surface area contributed by atoms with Gasteiger partial charge in [-0.3, -0.25) is 0 Å². The van der Waals surface area contributed by atoms with Crippen molar-refractivity contribution in [1.82, 2.24) is 4.98 Å². The Morgan fingerprint density at radius 1 is 1.50 bits per heavy atom. The summed E-state index contributed by atoms with van der Waals surface area (Å²) in [6, 6.07) is 1.84. The molecule has 3 N–H and O–H groups in total. The smallest absolute Gasteiger partial charge is 0.129 e. The van der Waals surface area contributed by atoms with Gasteiger partial charge in [0.2, 0.25) is 0 Å². The van der Waals surface area contributed by atoms with Crippen LogP contribution in [-0.4, -0.2) is 22.8 Å². The molecule has 0 aliphatic carbocycles. The van der Waals surface area contributed by atoms with Crippen LogP contribution in [-0.2, 0) is 4.74 Å². The Morgan fingerprint density at radius 2 is 2.19 bits per heavy atom. The summed E-state index contributed by atoms with van der Waals surface area (Å²) in [4.78, 5) is 4.00. The molecular weight excluding hydrogens is 204 g/mol. The van der Waals surface area contributed by atoms with Crippen LogP contribution in [0.5, 0.6) is 0 Å². The molecule has 4 heteroatoms. The van der Waals surface area contributed by atoms with E-state index in [0.717, 1.165) is 12.0 Å². The van der Waals surface area contributed by atoms with Crippen molar-refractivity contribution in [3.63, 3.8) is 0 Å². The van der Waals surface area contributed by atoms with Crippen molar-refractivity contribution in [1.29, 1.82) is 0 Å². The predicted octanol–water partition coefficient (Wildman–Crippen LogP) is 1.82. The fraction of sp³-hybridized carbons (Fsp3) is 0.583. The minimum absolute atomic E-state index is 0.227. The van der Waals surface area contributed by atoms with Crippen LogP contribution in [0.4, 0.5) is 5.82 Å². The number of aromatic nitrogens is 1. The lowest BCUT2D eigenvalue weighted by molar-refractivity contribution is -0.0356. The van der Waals surface area contributed by atoms with Crippen LogP contribution in [0.15, 0.2) is 12.3 Å². The molecule has 2 atom stereocenters. The number of hydrogen-bond acceptors (Lipinski definition) is 4. The highest BCUT2D eigenvalue weighted by atomic mass is 16.5. The fourth-order valence-corrected chi connectivity index (χ4v) is 1.81. The second-order valence-electron chi connectivity index (χ2n) is 3.77. The normalized spacial score (nSPS) is 14.8. The van der Waals surface area contributed by atoms with Crippen LogP contribution >= 0.6 is 0 Å². The summed E-state index contributed by atoms with van der Waals surface area (Å²) in [6.45, 7) is 6.38. The minimum atomic E-state index is -0.710. The number of pyridine rings is 1. The lowest BCUT2D eigenvalue weighted by atomic mass is 9.99. The minimum Gasteiger partial charge on any atom is -0.386 e. The van der Waals surface area contributed by atoms with E-state index in [1.165, 1.54) is 0 Å². The van der Waals surface area contributed by atoms with Crippen LogP contribution in [0.25, 0.3) is 0 Å². The summed E-state index contributed by atoms with van der Waals surface area (Å²) in [5.74, 6) is 0.380. The highest BCUT2D eigenvalue weighted by molar-refractivity contribution is 5.45. The molecule has 2 unspecified atom stereocenters. The zero-order chi connectivity index (χ0) is 12.1. The van der Waals surface area contributed by atoms with Crippen molar-refractivity contribution < 1.29 is 9.84 Å². The number of nitrogens with two attached hydrogens (primary N) is 1. The number of hydrogen-bond donors (Lipinski definition) is 2. The molecule has 90 valence electrons.